The zero-order chi connectivity index (χ0) is 23.8. The number of aromatic amines is 1. The van der Waals surface area contributed by atoms with Gasteiger partial charge in [0.25, 0.3) is 0 Å². The van der Waals surface area contributed by atoms with Crippen LogP contribution in [0.5, 0.6) is 0 Å². The van der Waals surface area contributed by atoms with Gasteiger partial charge >= 0.3 is 11.9 Å². The Labute approximate surface area is 196 Å². The summed E-state index contributed by atoms with van der Waals surface area (Å²) in [4.78, 5) is 29.1. The zero-order valence-corrected chi connectivity index (χ0v) is 20.3. The van der Waals surface area contributed by atoms with E-state index in [1.807, 2.05) is 12.2 Å². The lowest BCUT2D eigenvalue weighted by molar-refractivity contribution is -0.137. The predicted molar refractivity (Wildman–Crippen MR) is 128 cm³/mol. The van der Waals surface area contributed by atoms with E-state index in [1.165, 1.54) is 69.5 Å². The molecule has 0 spiro atoms. The van der Waals surface area contributed by atoms with Crippen molar-refractivity contribution in [3.05, 3.63) is 23.5 Å². The van der Waals surface area contributed by atoms with E-state index in [4.69, 9.17) is 5.11 Å². The summed E-state index contributed by atoms with van der Waals surface area (Å²) in [6.07, 6.45) is 16.7. The second-order valence-corrected chi connectivity index (χ2v) is 9.46. The number of aliphatic carboxylic acids is 1. The number of H-pyrrole nitrogens is 1. The molecule has 1 aromatic rings. The number of aliphatic hydroxyl groups is 1. The summed E-state index contributed by atoms with van der Waals surface area (Å²) in [7, 11) is 0. The van der Waals surface area contributed by atoms with Crippen LogP contribution in [0.1, 0.15) is 107 Å². The highest BCUT2D eigenvalue weighted by Crippen LogP contribution is 2.27. The number of hydrogen-bond donors (Lipinski definition) is 4. The number of hydrogen-bond acceptors (Lipinski definition) is 5. The summed E-state index contributed by atoms with van der Waals surface area (Å²) in [6.45, 7) is 3.85. The van der Waals surface area contributed by atoms with Crippen molar-refractivity contribution < 1.29 is 24.9 Å². The van der Waals surface area contributed by atoms with Gasteiger partial charge in [-0.05, 0) is 26.2 Å². The Morgan fingerprint density at radius 2 is 1.62 bits per heavy atom. The molecule has 1 aromatic heterocycles. The average molecular weight is 469 g/mol. The number of rotatable bonds is 19. The van der Waals surface area contributed by atoms with Crippen molar-refractivity contribution in [1.82, 2.24) is 9.97 Å². The summed E-state index contributed by atoms with van der Waals surface area (Å²) in [6, 6.07) is 0. The molecule has 182 valence electrons. The van der Waals surface area contributed by atoms with E-state index in [1.54, 1.807) is 6.92 Å². The molecule has 1 heterocycles. The summed E-state index contributed by atoms with van der Waals surface area (Å²) in [5.41, 5.74) is 0.411. The summed E-state index contributed by atoms with van der Waals surface area (Å²) >= 11 is 1.22. The van der Waals surface area contributed by atoms with E-state index in [-0.39, 0.29) is 18.5 Å². The van der Waals surface area contributed by atoms with Crippen LogP contribution in [0.25, 0.3) is 0 Å². The minimum atomic E-state index is -1.08. The van der Waals surface area contributed by atoms with E-state index in [9.17, 15) is 19.8 Å². The molecule has 32 heavy (non-hydrogen) atoms. The first-order valence-electron chi connectivity index (χ1n) is 11.9. The molecule has 0 aliphatic heterocycles. The van der Waals surface area contributed by atoms with Crippen molar-refractivity contribution in [1.29, 1.82) is 0 Å². The van der Waals surface area contributed by atoms with Crippen molar-refractivity contribution >= 4 is 23.7 Å². The minimum Gasteiger partial charge on any atom is -0.481 e. The molecule has 0 saturated carbocycles. The van der Waals surface area contributed by atoms with Crippen molar-refractivity contribution in [3.8, 4) is 0 Å². The number of imidazole rings is 1. The molecule has 0 aliphatic rings. The van der Waals surface area contributed by atoms with Gasteiger partial charge in [-0.25, -0.2) is 9.78 Å². The van der Waals surface area contributed by atoms with Crippen LogP contribution in [0.4, 0.5) is 0 Å². The lowest BCUT2D eigenvalue weighted by atomic mass is 10.1. The van der Waals surface area contributed by atoms with E-state index in [0.29, 0.717) is 10.9 Å². The highest BCUT2D eigenvalue weighted by Gasteiger charge is 2.22. The molecule has 1 rings (SSSR count). The number of aromatic carboxylic acids is 1. The maximum Gasteiger partial charge on any atom is 0.354 e. The first kappa shape index (κ1) is 28.2. The summed E-state index contributed by atoms with van der Waals surface area (Å²) in [5.74, 6) is -2.04. The number of unbranched alkanes of at least 4 members (excludes halogenated alkanes) is 10. The SMILES string of the molecule is CCCCCCCCCCCC/C=C\C(Sc1nc(C)c(C(=O)O)[nH]1)C(O)CCC(=O)O. The Morgan fingerprint density at radius 3 is 2.16 bits per heavy atom. The van der Waals surface area contributed by atoms with E-state index < -0.39 is 23.3 Å². The smallest absolute Gasteiger partial charge is 0.354 e. The number of carboxylic acid groups (broad SMARTS) is 2. The number of nitrogens with one attached hydrogen (secondary N) is 1. The molecule has 0 aliphatic carbocycles. The number of aliphatic hydroxyl groups excluding tert-OH is 1. The number of aromatic nitrogens is 2. The lowest BCUT2D eigenvalue weighted by Gasteiger charge is -2.17. The van der Waals surface area contributed by atoms with Gasteiger partial charge in [0.05, 0.1) is 17.0 Å². The highest BCUT2D eigenvalue weighted by molar-refractivity contribution is 8.00. The molecule has 0 amide bonds. The summed E-state index contributed by atoms with van der Waals surface area (Å²) < 4.78 is 0. The lowest BCUT2D eigenvalue weighted by Crippen LogP contribution is -2.22. The van der Waals surface area contributed by atoms with Gasteiger partial charge in [-0.3, -0.25) is 4.79 Å². The predicted octanol–water partition coefficient (Wildman–Crippen LogP) is 5.97. The van der Waals surface area contributed by atoms with Crippen LogP contribution in [0, 0.1) is 6.92 Å². The van der Waals surface area contributed by atoms with Crippen LogP contribution in [0.3, 0.4) is 0 Å². The monoisotopic (exact) mass is 468 g/mol. The van der Waals surface area contributed by atoms with E-state index in [2.05, 4.69) is 16.9 Å². The van der Waals surface area contributed by atoms with Gasteiger partial charge in [-0.1, -0.05) is 88.6 Å². The fraction of sp³-hybridized carbons (Fsp3) is 0.708. The van der Waals surface area contributed by atoms with Gasteiger partial charge in [0.15, 0.2) is 5.16 Å². The second kappa shape index (κ2) is 16.8. The third kappa shape index (κ3) is 12.3. The zero-order valence-electron chi connectivity index (χ0n) is 19.5. The third-order valence-corrected chi connectivity index (χ3v) is 6.57. The number of thioether (sulfide) groups is 1. The molecule has 4 N–H and O–H groups in total. The van der Waals surface area contributed by atoms with Crippen molar-refractivity contribution in [2.45, 2.75) is 114 Å². The van der Waals surface area contributed by atoms with Crippen molar-refractivity contribution in [3.63, 3.8) is 0 Å². The molecule has 0 fully saturated rings. The maximum absolute atomic E-state index is 11.2. The molecule has 0 radical (unpaired) electrons. The Bertz CT molecular complexity index is 705. The van der Waals surface area contributed by atoms with Crippen LogP contribution in [-0.4, -0.2) is 48.6 Å². The Balaban J connectivity index is 2.45. The molecular formula is C24H40N2O5S. The third-order valence-electron chi connectivity index (χ3n) is 5.41. The first-order chi connectivity index (χ1) is 15.3. The van der Waals surface area contributed by atoms with Gasteiger partial charge in [0, 0.05) is 6.42 Å². The molecule has 0 aromatic carbocycles. The fourth-order valence-corrected chi connectivity index (χ4v) is 4.58. The largest absolute Gasteiger partial charge is 0.481 e. The van der Waals surface area contributed by atoms with Crippen LogP contribution >= 0.6 is 11.8 Å². The number of carboxylic acids is 2. The number of nitrogens with zero attached hydrogens (tertiary/aromatic N) is 1. The Morgan fingerprint density at radius 1 is 1.03 bits per heavy atom. The van der Waals surface area contributed by atoms with Gasteiger partial charge in [-0.15, -0.1) is 0 Å². The van der Waals surface area contributed by atoms with Gasteiger partial charge in [-0.2, -0.15) is 0 Å². The molecule has 8 heteroatoms. The molecule has 2 atom stereocenters. The Kier molecular flexibility index (Phi) is 14.8. The number of carbonyl (C=O) groups is 2. The standard InChI is InChI=1S/C24H40N2O5S/c1-3-4-5-6-7-8-9-10-11-12-13-14-15-20(19(27)16-17-21(28)29)32-24-25-18(2)22(26-24)23(30)31/h14-15,19-20,27H,3-13,16-17H2,1-2H3,(H,25,26)(H,28,29)(H,30,31)/b15-14-. The van der Waals surface area contributed by atoms with Crippen LogP contribution in [-0.2, 0) is 4.79 Å². The minimum absolute atomic E-state index is 0.0284. The molecule has 2 unspecified atom stereocenters. The number of allylic oxidation sites excluding steroid dienone is 1. The van der Waals surface area contributed by atoms with E-state index in [0.717, 1.165) is 12.8 Å². The van der Waals surface area contributed by atoms with Crippen molar-refractivity contribution in [2.24, 2.45) is 0 Å². The average Bonchev–Trinajstić information content (AvgIpc) is 3.12. The quantitative estimate of drug-likeness (QED) is 0.112. The first-order valence-corrected chi connectivity index (χ1v) is 12.8. The topological polar surface area (TPSA) is 124 Å². The van der Waals surface area contributed by atoms with E-state index >= 15 is 0 Å². The number of aryl methyl sites for hydroxylation is 1. The van der Waals surface area contributed by atoms with Gasteiger partial charge < -0.3 is 20.3 Å². The second-order valence-electron chi connectivity index (χ2n) is 8.29. The van der Waals surface area contributed by atoms with Gasteiger partial charge in [0.2, 0.25) is 0 Å². The molecular weight excluding hydrogens is 428 g/mol. The van der Waals surface area contributed by atoms with Crippen molar-refractivity contribution in [2.75, 3.05) is 0 Å². The fourth-order valence-electron chi connectivity index (χ4n) is 3.49. The molecule has 0 bridgehead atoms. The van der Waals surface area contributed by atoms with Crippen LogP contribution in [0.2, 0.25) is 0 Å². The summed E-state index contributed by atoms with van der Waals surface area (Å²) in [5, 5.41) is 28.6. The molecule has 7 nitrogen and oxygen atoms in total. The highest BCUT2D eigenvalue weighted by atomic mass is 32.2. The molecule has 0 saturated heterocycles. The van der Waals surface area contributed by atoms with Gasteiger partial charge in [0.1, 0.15) is 5.69 Å². The maximum atomic E-state index is 11.2. The Hall–Kier alpha value is -1.80. The van der Waals surface area contributed by atoms with Crippen LogP contribution < -0.4 is 0 Å². The van der Waals surface area contributed by atoms with Crippen LogP contribution in [0.15, 0.2) is 17.3 Å². The normalized spacial score (nSPS) is 13.5.